The quantitative estimate of drug-likeness (QED) is 0.696. The van der Waals surface area contributed by atoms with Gasteiger partial charge < -0.3 is 0 Å². The molecule has 0 bridgehead atoms. The predicted molar refractivity (Wildman–Crippen MR) is 94.2 cm³/mol. The maximum atomic E-state index is 13.3. The van der Waals surface area contributed by atoms with Crippen molar-refractivity contribution in [1.29, 1.82) is 0 Å². The van der Waals surface area contributed by atoms with Crippen molar-refractivity contribution in [3.05, 3.63) is 58.1 Å². The molecule has 0 spiro atoms. The Bertz CT molecular complexity index is 1170. The molecule has 3 heterocycles. The van der Waals surface area contributed by atoms with Crippen LogP contribution in [-0.4, -0.2) is 29.5 Å². The van der Waals surface area contributed by atoms with Crippen molar-refractivity contribution in [2.45, 2.75) is 25.3 Å². The summed E-state index contributed by atoms with van der Waals surface area (Å²) in [7, 11) is -3.86. The van der Waals surface area contributed by atoms with Crippen LogP contribution >= 0.6 is 0 Å². The first-order valence-electron chi connectivity index (χ1n) is 7.85. The van der Waals surface area contributed by atoms with Gasteiger partial charge in [0.25, 0.3) is 15.6 Å². The van der Waals surface area contributed by atoms with Gasteiger partial charge in [-0.3, -0.25) is 14.3 Å². The Labute approximate surface area is 144 Å². The molecule has 0 amide bonds. The van der Waals surface area contributed by atoms with E-state index in [1.165, 1.54) is 14.9 Å². The molecule has 4 rings (SSSR count). The van der Waals surface area contributed by atoms with Crippen LogP contribution in [0.2, 0.25) is 0 Å². The van der Waals surface area contributed by atoms with Crippen molar-refractivity contribution in [3.63, 3.8) is 0 Å². The lowest BCUT2D eigenvalue weighted by Crippen LogP contribution is -2.30. The summed E-state index contributed by atoms with van der Waals surface area (Å²) < 4.78 is 29.2. The van der Waals surface area contributed by atoms with Crippen molar-refractivity contribution >= 4 is 26.9 Å². The number of rotatable bonds is 2. The van der Waals surface area contributed by atoms with E-state index in [1.54, 1.807) is 37.4 Å². The number of benzene rings is 1. The highest BCUT2D eigenvalue weighted by Gasteiger charge is 2.34. The molecular formula is C17H16N4O3S. The highest BCUT2D eigenvalue weighted by molar-refractivity contribution is 7.93. The minimum absolute atomic E-state index is 0.169. The van der Waals surface area contributed by atoms with E-state index in [0.29, 0.717) is 23.1 Å². The second-order valence-electron chi connectivity index (χ2n) is 6.04. The number of aromatic nitrogens is 3. The van der Waals surface area contributed by atoms with Crippen LogP contribution in [0, 0.1) is 13.8 Å². The zero-order valence-corrected chi connectivity index (χ0v) is 14.6. The SMILES string of the molecule is Cc1cc(=O)n2c(n1)N(S(=O)(=O)c1ccc(C)c3ncccc13)CC2. The Balaban J connectivity index is 1.95. The maximum Gasteiger partial charge on any atom is 0.267 e. The number of hydrogen-bond acceptors (Lipinski definition) is 5. The summed E-state index contributed by atoms with van der Waals surface area (Å²) in [4.78, 5) is 20.8. The first-order chi connectivity index (χ1) is 11.9. The summed E-state index contributed by atoms with van der Waals surface area (Å²) >= 11 is 0. The Morgan fingerprint density at radius 1 is 1.12 bits per heavy atom. The number of pyridine rings is 1. The molecule has 0 atom stereocenters. The number of hydrogen-bond donors (Lipinski definition) is 0. The predicted octanol–water partition coefficient (Wildman–Crippen LogP) is 1.62. The number of fused-ring (bicyclic) bond motifs is 2. The van der Waals surface area contributed by atoms with Crippen LogP contribution in [0.25, 0.3) is 10.9 Å². The third-order valence-electron chi connectivity index (χ3n) is 4.37. The Kier molecular flexibility index (Phi) is 3.40. The van der Waals surface area contributed by atoms with Crippen LogP contribution in [0.5, 0.6) is 0 Å². The summed E-state index contributed by atoms with van der Waals surface area (Å²) in [6, 6.07) is 8.20. The average molecular weight is 356 g/mol. The first kappa shape index (κ1) is 15.8. The topological polar surface area (TPSA) is 85.2 Å². The van der Waals surface area contributed by atoms with Crippen molar-refractivity contribution in [2.24, 2.45) is 0 Å². The molecule has 128 valence electrons. The molecule has 25 heavy (non-hydrogen) atoms. The first-order valence-corrected chi connectivity index (χ1v) is 9.29. The minimum atomic E-state index is -3.86. The van der Waals surface area contributed by atoms with Crippen LogP contribution in [0.3, 0.4) is 0 Å². The molecule has 0 unspecified atom stereocenters. The van der Waals surface area contributed by atoms with E-state index in [1.807, 2.05) is 6.92 Å². The van der Waals surface area contributed by atoms with Crippen molar-refractivity contribution in [3.8, 4) is 0 Å². The van der Waals surface area contributed by atoms with Gasteiger partial charge in [-0.05, 0) is 37.6 Å². The fourth-order valence-electron chi connectivity index (χ4n) is 3.16. The Hall–Kier alpha value is -2.74. The normalized spacial score (nSPS) is 14.1. The summed E-state index contributed by atoms with van der Waals surface area (Å²) in [5, 5.41) is 0.566. The van der Waals surface area contributed by atoms with E-state index in [4.69, 9.17) is 0 Å². The van der Waals surface area contributed by atoms with E-state index in [-0.39, 0.29) is 22.9 Å². The summed E-state index contributed by atoms with van der Waals surface area (Å²) in [6.45, 7) is 4.05. The lowest BCUT2D eigenvalue weighted by atomic mass is 10.1. The highest BCUT2D eigenvalue weighted by atomic mass is 32.2. The van der Waals surface area contributed by atoms with Crippen molar-refractivity contribution in [1.82, 2.24) is 14.5 Å². The molecule has 0 saturated heterocycles. The minimum Gasteiger partial charge on any atom is -0.276 e. The number of nitrogens with zero attached hydrogens (tertiary/aromatic N) is 4. The number of sulfonamides is 1. The summed E-state index contributed by atoms with van der Waals surface area (Å²) in [5.74, 6) is 0.169. The van der Waals surface area contributed by atoms with Crippen LogP contribution in [0.15, 0.2) is 46.2 Å². The monoisotopic (exact) mass is 356 g/mol. The van der Waals surface area contributed by atoms with Crippen LogP contribution in [-0.2, 0) is 16.6 Å². The fourth-order valence-corrected chi connectivity index (χ4v) is 4.75. The van der Waals surface area contributed by atoms with Gasteiger partial charge in [0.1, 0.15) is 0 Å². The summed E-state index contributed by atoms with van der Waals surface area (Å²) in [5.41, 5.74) is 1.81. The van der Waals surface area contributed by atoms with Gasteiger partial charge in [-0.1, -0.05) is 6.07 Å². The van der Waals surface area contributed by atoms with E-state index in [0.717, 1.165) is 5.56 Å². The van der Waals surface area contributed by atoms with E-state index in [9.17, 15) is 13.2 Å². The molecule has 1 aliphatic rings. The van der Waals surface area contributed by atoms with Gasteiger partial charge in [0.2, 0.25) is 5.95 Å². The zero-order chi connectivity index (χ0) is 17.8. The molecule has 0 aliphatic carbocycles. The second-order valence-corrected chi connectivity index (χ2v) is 7.88. The summed E-state index contributed by atoms with van der Waals surface area (Å²) in [6.07, 6.45) is 1.64. The van der Waals surface area contributed by atoms with Crippen LogP contribution in [0.1, 0.15) is 11.3 Å². The lowest BCUT2D eigenvalue weighted by Gasteiger charge is -2.19. The maximum absolute atomic E-state index is 13.3. The highest BCUT2D eigenvalue weighted by Crippen LogP contribution is 2.30. The molecule has 8 heteroatoms. The lowest BCUT2D eigenvalue weighted by molar-refractivity contribution is 0.592. The van der Waals surface area contributed by atoms with E-state index < -0.39 is 10.0 Å². The van der Waals surface area contributed by atoms with Crippen LogP contribution in [0.4, 0.5) is 5.95 Å². The fraction of sp³-hybridized carbons (Fsp3) is 0.235. The van der Waals surface area contributed by atoms with Gasteiger partial charge in [-0.15, -0.1) is 0 Å². The van der Waals surface area contributed by atoms with Crippen LogP contribution < -0.4 is 9.86 Å². The van der Waals surface area contributed by atoms with Gasteiger partial charge in [0.15, 0.2) is 0 Å². The molecule has 2 aromatic heterocycles. The Morgan fingerprint density at radius 3 is 2.72 bits per heavy atom. The number of aryl methyl sites for hydroxylation is 2. The van der Waals surface area contributed by atoms with E-state index >= 15 is 0 Å². The average Bonchev–Trinajstić information content (AvgIpc) is 3.00. The second kappa shape index (κ2) is 5.38. The molecule has 0 fully saturated rings. The molecule has 0 radical (unpaired) electrons. The van der Waals surface area contributed by atoms with Gasteiger partial charge in [0.05, 0.1) is 17.0 Å². The van der Waals surface area contributed by atoms with Gasteiger partial charge in [-0.2, -0.15) is 0 Å². The third kappa shape index (κ3) is 2.32. The van der Waals surface area contributed by atoms with Gasteiger partial charge >= 0.3 is 0 Å². The van der Waals surface area contributed by atoms with Gasteiger partial charge in [0, 0.05) is 29.9 Å². The van der Waals surface area contributed by atoms with E-state index in [2.05, 4.69) is 9.97 Å². The third-order valence-corrected chi connectivity index (χ3v) is 6.20. The molecule has 1 aliphatic heterocycles. The van der Waals surface area contributed by atoms with Crippen molar-refractivity contribution < 1.29 is 8.42 Å². The molecule has 1 aromatic carbocycles. The number of anilines is 1. The molecular weight excluding hydrogens is 340 g/mol. The zero-order valence-electron chi connectivity index (χ0n) is 13.8. The molecule has 7 nitrogen and oxygen atoms in total. The largest absolute Gasteiger partial charge is 0.276 e. The standard InChI is InChI=1S/C17H16N4O3S/c1-11-5-6-14(13-4-3-7-18-16(11)13)25(23,24)21-9-8-20-15(22)10-12(2)19-17(20)21/h3-7,10H,8-9H2,1-2H3. The van der Waals surface area contributed by atoms with Gasteiger partial charge in [-0.25, -0.2) is 17.7 Å². The molecule has 3 aromatic rings. The molecule has 0 N–H and O–H groups in total. The molecule has 0 saturated carbocycles. The smallest absolute Gasteiger partial charge is 0.267 e. The Morgan fingerprint density at radius 2 is 1.92 bits per heavy atom. The van der Waals surface area contributed by atoms with Crippen molar-refractivity contribution in [2.75, 3.05) is 10.8 Å².